The number of halogens is 3. The molecule has 4 nitrogen and oxygen atoms in total. The van der Waals surface area contributed by atoms with Crippen LogP contribution in [0.3, 0.4) is 0 Å². The molecular weight excluding hydrogens is 421 g/mol. The molecule has 0 atom stereocenters. The molecule has 0 aliphatic rings. The van der Waals surface area contributed by atoms with Gasteiger partial charge in [0.1, 0.15) is 29.6 Å². The highest BCUT2D eigenvalue weighted by Gasteiger charge is 2.31. The van der Waals surface area contributed by atoms with Crippen LogP contribution in [-0.4, -0.2) is 12.6 Å². The van der Waals surface area contributed by atoms with Crippen molar-refractivity contribution in [2.45, 2.75) is 39.2 Å². The van der Waals surface area contributed by atoms with Crippen molar-refractivity contribution in [1.82, 2.24) is 0 Å². The van der Waals surface area contributed by atoms with E-state index >= 15 is 0 Å². The number of alkyl halides is 3. The molecule has 3 rings (SSSR count). The van der Waals surface area contributed by atoms with Gasteiger partial charge in [0.15, 0.2) is 6.29 Å². The third kappa shape index (κ3) is 6.26. The minimum absolute atomic E-state index is 0.0484. The Bertz CT molecular complexity index is 1050. The predicted octanol–water partition coefficient (Wildman–Crippen LogP) is 7.07. The van der Waals surface area contributed by atoms with Crippen LogP contribution in [0.1, 0.15) is 42.3 Å². The number of hydrogen-bond donors (Lipinski definition) is 0. The molecular formula is C25H23F3O4. The maximum absolute atomic E-state index is 12.3. The highest BCUT2D eigenvalue weighted by molar-refractivity contribution is 5.83. The summed E-state index contributed by atoms with van der Waals surface area (Å²) in [5.41, 5.74) is 2.40. The molecule has 0 unspecified atom stereocenters. The van der Waals surface area contributed by atoms with E-state index in [2.05, 4.69) is 25.5 Å². The lowest BCUT2D eigenvalue weighted by Gasteiger charge is -2.19. The van der Waals surface area contributed by atoms with Gasteiger partial charge in [-0.15, -0.1) is 13.2 Å². The van der Waals surface area contributed by atoms with Crippen molar-refractivity contribution in [2.75, 3.05) is 0 Å². The maximum Gasteiger partial charge on any atom is 0.573 e. The molecule has 3 aromatic carbocycles. The first-order chi connectivity index (χ1) is 15.0. The average Bonchev–Trinajstić information content (AvgIpc) is 2.72. The summed E-state index contributed by atoms with van der Waals surface area (Å²) in [4.78, 5) is 11.7. The number of aldehydes is 1. The zero-order valence-electron chi connectivity index (χ0n) is 17.9. The average molecular weight is 444 g/mol. The normalized spacial score (nSPS) is 11.7. The molecule has 0 heterocycles. The van der Waals surface area contributed by atoms with Gasteiger partial charge in [0.25, 0.3) is 0 Å². The third-order valence-corrected chi connectivity index (χ3v) is 4.64. The molecule has 0 radical (unpaired) electrons. The van der Waals surface area contributed by atoms with E-state index in [4.69, 9.17) is 9.47 Å². The standard InChI is InChI=1S/C25H23F3O4/c1-24(2,3)18-9-7-17(8-10-18)16-30-22-5-4-6-23(21(22)15-29)31-19-11-13-20(14-12-19)32-25(26,27)28/h4-15H,16H2,1-3H3. The Hall–Kier alpha value is -3.48. The minimum atomic E-state index is -4.77. The summed E-state index contributed by atoms with van der Waals surface area (Å²) < 4.78 is 52.2. The van der Waals surface area contributed by atoms with E-state index in [1.165, 1.54) is 17.7 Å². The molecule has 168 valence electrons. The van der Waals surface area contributed by atoms with Gasteiger partial charge in [0, 0.05) is 0 Å². The van der Waals surface area contributed by atoms with E-state index < -0.39 is 6.36 Å². The molecule has 7 heteroatoms. The minimum Gasteiger partial charge on any atom is -0.488 e. The summed E-state index contributed by atoms with van der Waals surface area (Å²) in [6.07, 6.45) is -4.15. The molecule has 0 aliphatic heterocycles. The topological polar surface area (TPSA) is 44.8 Å². The fourth-order valence-electron chi connectivity index (χ4n) is 2.95. The van der Waals surface area contributed by atoms with Crippen LogP contribution in [0.5, 0.6) is 23.0 Å². The summed E-state index contributed by atoms with van der Waals surface area (Å²) in [5.74, 6) is 0.451. The summed E-state index contributed by atoms with van der Waals surface area (Å²) in [7, 11) is 0. The van der Waals surface area contributed by atoms with Gasteiger partial charge in [-0.3, -0.25) is 4.79 Å². The van der Waals surface area contributed by atoms with Gasteiger partial charge >= 0.3 is 6.36 Å². The lowest BCUT2D eigenvalue weighted by atomic mass is 9.87. The molecule has 32 heavy (non-hydrogen) atoms. The van der Waals surface area contributed by atoms with Crippen molar-refractivity contribution >= 4 is 6.29 Å². The molecule has 0 saturated carbocycles. The first-order valence-electron chi connectivity index (χ1n) is 9.89. The largest absolute Gasteiger partial charge is 0.573 e. The second kappa shape index (κ2) is 9.34. The number of carbonyl (C=O) groups is 1. The molecule has 0 aromatic heterocycles. The Kier molecular flexibility index (Phi) is 6.77. The van der Waals surface area contributed by atoms with Crippen molar-refractivity contribution < 1.29 is 32.2 Å². The van der Waals surface area contributed by atoms with E-state index in [0.717, 1.165) is 17.7 Å². The number of rotatable bonds is 7. The lowest BCUT2D eigenvalue weighted by Crippen LogP contribution is -2.16. The second-order valence-corrected chi connectivity index (χ2v) is 8.14. The fourth-order valence-corrected chi connectivity index (χ4v) is 2.95. The van der Waals surface area contributed by atoms with Crippen LogP contribution >= 0.6 is 0 Å². The van der Waals surface area contributed by atoms with Gasteiger partial charge in [0.05, 0.1) is 5.56 Å². The zero-order chi connectivity index (χ0) is 23.4. The monoisotopic (exact) mass is 444 g/mol. The van der Waals surface area contributed by atoms with Gasteiger partial charge in [-0.05, 0) is 52.9 Å². The van der Waals surface area contributed by atoms with Gasteiger partial charge in [0.2, 0.25) is 0 Å². The van der Waals surface area contributed by atoms with E-state index in [-0.39, 0.29) is 34.8 Å². The van der Waals surface area contributed by atoms with Crippen molar-refractivity contribution in [3.8, 4) is 23.0 Å². The molecule has 0 spiro atoms. The molecule has 0 saturated heterocycles. The number of hydrogen-bond acceptors (Lipinski definition) is 4. The first-order valence-corrected chi connectivity index (χ1v) is 9.89. The Morgan fingerprint density at radius 2 is 1.41 bits per heavy atom. The van der Waals surface area contributed by atoms with Gasteiger partial charge < -0.3 is 14.2 Å². The molecule has 0 N–H and O–H groups in total. The number of benzene rings is 3. The van der Waals surface area contributed by atoms with Crippen molar-refractivity contribution in [1.29, 1.82) is 0 Å². The summed E-state index contributed by atoms with van der Waals surface area (Å²) in [6, 6.07) is 17.8. The van der Waals surface area contributed by atoms with E-state index in [9.17, 15) is 18.0 Å². The van der Waals surface area contributed by atoms with Crippen LogP contribution in [0.25, 0.3) is 0 Å². The van der Waals surface area contributed by atoms with E-state index in [1.54, 1.807) is 18.2 Å². The van der Waals surface area contributed by atoms with Gasteiger partial charge in [-0.25, -0.2) is 0 Å². The Balaban J connectivity index is 1.71. The molecule has 0 bridgehead atoms. The summed E-state index contributed by atoms with van der Waals surface area (Å²) in [5, 5.41) is 0. The van der Waals surface area contributed by atoms with Crippen LogP contribution in [0.4, 0.5) is 13.2 Å². The van der Waals surface area contributed by atoms with E-state index in [0.29, 0.717) is 12.0 Å². The second-order valence-electron chi connectivity index (χ2n) is 8.14. The maximum atomic E-state index is 12.3. The van der Waals surface area contributed by atoms with Crippen LogP contribution in [0, 0.1) is 0 Å². The first kappa shape index (κ1) is 23.2. The molecule has 0 fully saturated rings. The molecule has 3 aromatic rings. The van der Waals surface area contributed by atoms with Gasteiger partial charge in [-0.1, -0.05) is 51.1 Å². The van der Waals surface area contributed by atoms with Crippen LogP contribution in [0.15, 0.2) is 66.7 Å². The highest BCUT2D eigenvalue weighted by atomic mass is 19.4. The van der Waals surface area contributed by atoms with Crippen LogP contribution < -0.4 is 14.2 Å². The Labute approximate surface area is 184 Å². The number of ether oxygens (including phenoxy) is 3. The SMILES string of the molecule is CC(C)(C)c1ccc(COc2cccc(Oc3ccc(OC(F)(F)F)cc3)c2C=O)cc1. The van der Waals surface area contributed by atoms with Crippen molar-refractivity contribution in [3.05, 3.63) is 83.4 Å². The third-order valence-electron chi connectivity index (χ3n) is 4.64. The summed E-state index contributed by atoms with van der Waals surface area (Å²) >= 11 is 0. The summed E-state index contributed by atoms with van der Waals surface area (Å²) in [6.45, 7) is 6.67. The number of carbonyl (C=O) groups excluding carboxylic acids is 1. The van der Waals surface area contributed by atoms with Gasteiger partial charge in [-0.2, -0.15) is 0 Å². The van der Waals surface area contributed by atoms with Crippen molar-refractivity contribution in [2.24, 2.45) is 0 Å². The molecule has 0 amide bonds. The Morgan fingerprint density at radius 3 is 1.97 bits per heavy atom. The Morgan fingerprint density at radius 1 is 0.812 bits per heavy atom. The lowest BCUT2D eigenvalue weighted by molar-refractivity contribution is -0.274. The predicted molar refractivity (Wildman–Crippen MR) is 115 cm³/mol. The van der Waals surface area contributed by atoms with Crippen molar-refractivity contribution in [3.63, 3.8) is 0 Å². The van der Waals surface area contributed by atoms with Crippen LogP contribution in [0.2, 0.25) is 0 Å². The zero-order valence-corrected chi connectivity index (χ0v) is 17.9. The van der Waals surface area contributed by atoms with E-state index in [1.807, 2.05) is 24.3 Å². The smallest absolute Gasteiger partial charge is 0.488 e. The fraction of sp³-hybridized carbons (Fsp3) is 0.240. The highest BCUT2D eigenvalue weighted by Crippen LogP contribution is 2.33. The van der Waals surface area contributed by atoms with Crippen LogP contribution in [-0.2, 0) is 12.0 Å². The molecule has 0 aliphatic carbocycles. The quantitative estimate of drug-likeness (QED) is 0.366.